The first-order chi connectivity index (χ1) is 7.53. The van der Waals surface area contributed by atoms with E-state index in [9.17, 15) is 9.59 Å². The molecule has 0 aromatic carbocycles. The predicted octanol–water partition coefficient (Wildman–Crippen LogP) is -0.217. The summed E-state index contributed by atoms with van der Waals surface area (Å²) in [7, 11) is 0. The maximum absolute atomic E-state index is 11.7. The SMILES string of the molecule is CCOC(=O)C(C)(C(N)=O)c1ccncn1. The minimum atomic E-state index is -1.57. The molecule has 86 valence electrons. The van der Waals surface area contributed by atoms with Gasteiger partial charge < -0.3 is 10.5 Å². The normalized spacial score (nSPS) is 13.9. The summed E-state index contributed by atoms with van der Waals surface area (Å²) >= 11 is 0. The van der Waals surface area contributed by atoms with Crippen LogP contribution in [-0.2, 0) is 19.7 Å². The molecule has 0 aliphatic carbocycles. The number of esters is 1. The fourth-order valence-electron chi connectivity index (χ4n) is 1.19. The van der Waals surface area contributed by atoms with Crippen molar-refractivity contribution < 1.29 is 14.3 Å². The van der Waals surface area contributed by atoms with Gasteiger partial charge in [-0.3, -0.25) is 9.59 Å². The number of primary amides is 1. The van der Waals surface area contributed by atoms with Crippen LogP contribution >= 0.6 is 0 Å². The third-order valence-corrected chi connectivity index (χ3v) is 2.27. The molecule has 2 N–H and O–H groups in total. The number of nitrogens with two attached hydrogens (primary N) is 1. The molecule has 0 aliphatic rings. The fourth-order valence-corrected chi connectivity index (χ4v) is 1.19. The van der Waals surface area contributed by atoms with E-state index in [1.807, 2.05) is 0 Å². The van der Waals surface area contributed by atoms with Gasteiger partial charge in [-0.1, -0.05) is 0 Å². The van der Waals surface area contributed by atoms with Gasteiger partial charge in [0, 0.05) is 6.20 Å². The van der Waals surface area contributed by atoms with Crippen molar-refractivity contribution in [2.24, 2.45) is 5.73 Å². The second-order valence-electron chi connectivity index (χ2n) is 3.30. The Labute approximate surface area is 92.8 Å². The predicted molar refractivity (Wildman–Crippen MR) is 55.2 cm³/mol. The Bertz CT molecular complexity index is 394. The molecule has 1 aromatic rings. The van der Waals surface area contributed by atoms with Crippen molar-refractivity contribution in [2.45, 2.75) is 19.3 Å². The zero-order valence-electron chi connectivity index (χ0n) is 9.14. The maximum atomic E-state index is 11.7. The van der Waals surface area contributed by atoms with Crippen molar-refractivity contribution in [2.75, 3.05) is 6.61 Å². The van der Waals surface area contributed by atoms with Gasteiger partial charge in [-0.25, -0.2) is 9.97 Å². The van der Waals surface area contributed by atoms with Crippen molar-refractivity contribution in [3.05, 3.63) is 24.3 Å². The molecule has 1 atom stereocenters. The molecule has 0 saturated heterocycles. The average molecular weight is 223 g/mol. The molecular formula is C10H13N3O3. The van der Waals surface area contributed by atoms with Crippen LogP contribution in [0, 0.1) is 0 Å². The highest BCUT2D eigenvalue weighted by atomic mass is 16.5. The zero-order valence-corrected chi connectivity index (χ0v) is 9.14. The second-order valence-corrected chi connectivity index (χ2v) is 3.30. The molecule has 0 aliphatic heterocycles. The molecule has 6 heteroatoms. The van der Waals surface area contributed by atoms with E-state index in [1.54, 1.807) is 6.92 Å². The standard InChI is InChI=1S/C10H13N3O3/c1-3-16-9(15)10(2,8(11)14)7-4-5-12-6-13-7/h4-6H,3H2,1-2H3,(H2,11,14). The molecule has 1 rings (SSSR count). The number of nitrogens with zero attached hydrogens (tertiary/aromatic N) is 2. The van der Waals surface area contributed by atoms with Gasteiger partial charge in [0.25, 0.3) is 0 Å². The van der Waals surface area contributed by atoms with Crippen molar-refractivity contribution in [1.29, 1.82) is 0 Å². The van der Waals surface area contributed by atoms with Crippen LogP contribution in [0.4, 0.5) is 0 Å². The minimum absolute atomic E-state index is 0.173. The van der Waals surface area contributed by atoms with Crippen molar-refractivity contribution >= 4 is 11.9 Å². The van der Waals surface area contributed by atoms with Gasteiger partial charge in [-0.15, -0.1) is 0 Å². The Morgan fingerprint density at radius 1 is 1.56 bits per heavy atom. The van der Waals surface area contributed by atoms with E-state index in [-0.39, 0.29) is 12.3 Å². The van der Waals surface area contributed by atoms with Gasteiger partial charge in [-0.05, 0) is 19.9 Å². The largest absolute Gasteiger partial charge is 0.465 e. The number of carbonyl (C=O) groups excluding carboxylic acids is 2. The lowest BCUT2D eigenvalue weighted by atomic mass is 9.86. The van der Waals surface area contributed by atoms with Crippen LogP contribution in [0.15, 0.2) is 18.6 Å². The van der Waals surface area contributed by atoms with E-state index in [1.165, 1.54) is 25.5 Å². The van der Waals surface area contributed by atoms with E-state index in [0.29, 0.717) is 0 Å². The van der Waals surface area contributed by atoms with Crippen LogP contribution in [0.5, 0.6) is 0 Å². The van der Waals surface area contributed by atoms with Gasteiger partial charge in [0.1, 0.15) is 6.33 Å². The number of hydrogen-bond donors (Lipinski definition) is 1. The summed E-state index contributed by atoms with van der Waals surface area (Å²) in [5, 5.41) is 0. The topological polar surface area (TPSA) is 95.2 Å². The third kappa shape index (κ3) is 2.00. The zero-order chi connectivity index (χ0) is 12.2. The monoisotopic (exact) mass is 223 g/mol. The van der Waals surface area contributed by atoms with Crippen molar-refractivity contribution in [3.8, 4) is 0 Å². The molecule has 0 spiro atoms. The highest BCUT2D eigenvalue weighted by Crippen LogP contribution is 2.22. The summed E-state index contributed by atoms with van der Waals surface area (Å²) in [6.07, 6.45) is 2.68. The van der Waals surface area contributed by atoms with E-state index < -0.39 is 17.3 Å². The quantitative estimate of drug-likeness (QED) is 0.562. The van der Waals surface area contributed by atoms with E-state index in [2.05, 4.69) is 9.97 Å². The third-order valence-electron chi connectivity index (χ3n) is 2.27. The van der Waals surface area contributed by atoms with Gasteiger partial charge in [0.2, 0.25) is 5.91 Å². The van der Waals surface area contributed by atoms with E-state index >= 15 is 0 Å². The van der Waals surface area contributed by atoms with Crippen LogP contribution < -0.4 is 5.73 Å². The van der Waals surface area contributed by atoms with E-state index in [4.69, 9.17) is 10.5 Å². The van der Waals surface area contributed by atoms with Gasteiger partial charge in [0.05, 0.1) is 12.3 Å². The van der Waals surface area contributed by atoms with Crippen molar-refractivity contribution in [3.63, 3.8) is 0 Å². The van der Waals surface area contributed by atoms with Crippen LogP contribution in [0.1, 0.15) is 19.5 Å². The minimum Gasteiger partial charge on any atom is -0.465 e. The molecule has 16 heavy (non-hydrogen) atoms. The average Bonchev–Trinajstić information content (AvgIpc) is 2.29. The summed E-state index contributed by atoms with van der Waals surface area (Å²) in [6.45, 7) is 3.21. The number of hydrogen-bond acceptors (Lipinski definition) is 5. The first kappa shape index (κ1) is 12.1. The Hall–Kier alpha value is -1.98. The summed E-state index contributed by atoms with van der Waals surface area (Å²) in [5.41, 5.74) is 3.89. The number of aromatic nitrogens is 2. The molecule has 1 amide bonds. The van der Waals surface area contributed by atoms with Gasteiger partial charge in [-0.2, -0.15) is 0 Å². The number of ether oxygens (including phenoxy) is 1. The first-order valence-corrected chi connectivity index (χ1v) is 4.77. The summed E-state index contributed by atoms with van der Waals surface area (Å²) < 4.78 is 4.82. The van der Waals surface area contributed by atoms with Crippen LogP contribution in [0.3, 0.4) is 0 Å². The van der Waals surface area contributed by atoms with Gasteiger partial charge >= 0.3 is 5.97 Å². The number of rotatable bonds is 4. The van der Waals surface area contributed by atoms with Crippen LogP contribution in [0.2, 0.25) is 0 Å². The van der Waals surface area contributed by atoms with Crippen LogP contribution in [-0.4, -0.2) is 28.5 Å². The Kier molecular flexibility index (Phi) is 3.55. The molecule has 0 fully saturated rings. The van der Waals surface area contributed by atoms with Gasteiger partial charge in [0.15, 0.2) is 5.41 Å². The van der Waals surface area contributed by atoms with Crippen LogP contribution in [0.25, 0.3) is 0 Å². The Morgan fingerprint density at radius 3 is 2.69 bits per heavy atom. The highest BCUT2D eigenvalue weighted by Gasteiger charge is 2.44. The lowest BCUT2D eigenvalue weighted by Gasteiger charge is -2.22. The maximum Gasteiger partial charge on any atom is 0.327 e. The molecule has 1 unspecified atom stereocenters. The molecule has 1 aromatic heterocycles. The second kappa shape index (κ2) is 4.69. The Morgan fingerprint density at radius 2 is 2.25 bits per heavy atom. The van der Waals surface area contributed by atoms with Crippen molar-refractivity contribution in [1.82, 2.24) is 9.97 Å². The number of amides is 1. The van der Waals surface area contributed by atoms with E-state index in [0.717, 1.165) is 0 Å². The lowest BCUT2D eigenvalue weighted by molar-refractivity contribution is -0.153. The lowest BCUT2D eigenvalue weighted by Crippen LogP contribution is -2.47. The number of carbonyl (C=O) groups is 2. The molecule has 0 radical (unpaired) electrons. The molecule has 1 heterocycles. The molecular weight excluding hydrogens is 210 g/mol. The Balaban J connectivity index is 3.17. The molecule has 6 nitrogen and oxygen atoms in total. The fraction of sp³-hybridized carbons (Fsp3) is 0.400. The summed E-state index contributed by atoms with van der Waals surface area (Å²) in [6, 6.07) is 1.46. The summed E-state index contributed by atoms with van der Waals surface area (Å²) in [4.78, 5) is 30.7. The molecule has 0 bridgehead atoms. The first-order valence-electron chi connectivity index (χ1n) is 4.77. The molecule has 0 saturated carbocycles. The smallest absolute Gasteiger partial charge is 0.327 e. The summed E-state index contributed by atoms with van der Waals surface area (Å²) in [5.74, 6) is -1.51. The highest BCUT2D eigenvalue weighted by molar-refractivity contribution is 6.07.